The molecule has 4 heteroatoms. The third-order valence-electron chi connectivity index (χ3n) is 6.34. The Bertz CT molecular complexity index is 1150. The van der Waals surface area contributed by atoms with Crippen molar-refractivity contribution in [3.05, 3.63) is 76.9 Å². The average Bonchev–Trinajstić information content (AvgIpc) is 2.78. The summed E-state index contributed by atoms with van der Waals surface area (Å²) in [5, 5.41) is 1.21. The first kappa shape index (κ1) is 22.1. The lowest BCUT2D eigenvalue weighted by molar-refractivity contribution is -0.126. The predicted molar refractivity (Wildman–Crippen MR) is 134 cm³/mol. The van der Waals surface area contributed by atoms with Gasteiger partial charge < -0.3 is 9.80 Å². The second-order valence-corrected chi connectivity index (χ2v) is 9.79. The molecule has 4 rings (SSSR count). The van der Waals surface area contributed by atoms with Gasteiger partial charge in [0, 0.05) is 37.6 Å². The van der Waals surface area contributed by atoms with Gasteiger partial charge in [-0.3, -0.25) is 4.79 Å². The van der Waals surface area contributed by atoms with Crippen molar-refractivity contribution >= 4 is 28.7 Å². The minimum absolute atomic E-state index is 0.0723. The molecule has 1 aromatic heterocycles. The fraction of sp³-hybridized carbons (Fsp3) is 0.357. The third kappa shape index (κ3) is 4.69. The van der Waals surface area contributed by atoms with E-state index in [2.05, 4.69) is 88.0 Å². The normalized spacial score (nSPS) is 15.0. The van der Waals surface area contributed by atoms with Crippen molar-refractivity contribution in [1.29, 1.82) is 0 Å². The molecule has 1 aliphatic rings. The third-order valence-corrected chi connectivity index (χ3v) is 6.34. The van der Waals surface area contributed by atoms with Gasteiger partial charge in [-0.15, -0.1) is 0 Å². The maximum absolute atomic E-state index is 12.7. The van der Waals surface area contributed by atoms with Crippen molar-refractivity contribution in [2.45, 2.75) is 40.0 Å². The number of hydrogen-bond acceptors (Lipinski definition) is 3. The van der Waals surface area contributed by atoms with E-state index in [0.717, 1.165) is 30.0 Å². The zero-order chi connectivity index (χ0) is 22.9. The SMILES string of the molecule is Cc1cc(N2CCN(C(=O)/C=C/c3ccc(C(C)(C)C)cc3)CC2)nc2c(C)cccc12. The van der Waals surface area contributed by atoms with Crippen LogP contribution in [0.2, 0.25) is 0 Å². The van der Waals surface area contributed by atoms with Gasteiger partial charge in [-0.2, -0.15) is 0 Å². The van der Waals surface area contributed by atoms with E-state index in [1.807, 2.05) is 11.0 Å². The zero-order valence-corrected chi connectivity index (χ0v) is 19.9. The minimum atomic E-state index is 0.0723. The van der Waals surface area contributed by atoms with Gasteiger partial charge in [0.25, 0.3) is 0 Å². The van der Waals surface area contributed by atoms with E-state index in [9.17, 15) is 4.79 Å². The Labute approximate surface area is 191 Å². The second kappa shape index (κ2) is 8.78. The molecule has 1 saturated heterocycles. The van der Waals surface area contributed by atoms with E-state index in [0.29, 0.717) is 13.1 Å². The molecular weight excluding hydrogens is 394 g/mol. The van der Waals surface area contributed by atoms with Crippen LogP contribution in [0.4, 0.5) is 5.82 Å². The van der Waals surface area contributed by atoms with E-state index < -0.39 is 0 Å². The molecule has 1 aliphatic heterocycles. The molecule has 166 valence electrons. The highest BCUT2D eigenvalue weighted by atomic mass is 16.2. The lowest BCUT2D eigenvalue weighted by atomic mass is 9.87. The highest BCUT2D eigenvalue weighted by molar-refractivity contribution is 5.92. The number of fused-ring (bicyclic) bond motifs is 1. The van der Waals surface area contributed by atoms with Crippen molar-refractivity contribution in [3.63, 3.8) is 0 Å². The lowest BCUT2D eigenvalue weighted by Crippen LogP contribution is -2.48. The number of piperazine rings is 1. The summed E-state index contributed by atoms with van der Waals surface area (Å²) in [7, 11) is 0. The van der Waals surface area contributed by atoms with Crippen LogP contribution < -0.4 is 4.90 Å². The molecule has 2 heterocycles. The fourth-order valence-electron chi connectivity index (χ4n) is 4.23. The van der Waals surface area contributed by atoms with Gasteiger partial charge in [0.05, 0.1) is 5.52 Å². The zero-order valence-electron chi connectivity index (χ0n) is 19.9. The first-order valence-corrected chi connectivity index (χ1v) is 11.4. The summed E-state index contributed by atoms with van der Waals surface area (Å²) < 4.78 is 0. The number of aromatic nitrogens is 1. The molecule has 4 nitrogen and oxygen atoms in total. The quantitative estimate of drug-likeness (QED) is 0.517. The van der Waals surface area contributed by atoms with Crippen LogP contribution in [0.25, 0.3) is 17.0 Å². The van der Waals surface area contributed by atoms with Gasteiger partial charge in [-0.1, -0.05) is 63.2 Å². The van der Waals surface area contributed by atoms with Gasteiger partial charge in [0.15, 0.2) is 0 Å². The van der Waals surface area contributed by atoms with Gasteiger partial charge in [-0.25, -0.2) is 4.98 Å². The van der Waals surface area contributed by atoms with Crippen LogP contribution in [-0.2, 0) is 10.2 Å². The standard InChI is InChI=1S/C28H33N3O/c1-20-7-6-8-24-21(2)19-25(29-27(20)24)30-15-17-31(18-16-30)26(32)14-11-22-9-12-23(13-10-22)28(3,4)5/h6-14,19H,15-18H2,1-5H3/b14-11+. The topological polar surface area (TPSA) is 36.4 Å². The first-order valence-electron chi connectivity index (χ1n) is 11.4. The number of para-hydroxylation sites is 1. The molecule has 32 heavy (non-hydrogen) atoms. The van der Waals surface area contributed by atoms with E-state index >= 15 is 0 Å². The van der Waals surface area contributed by atoms with Crippen molar-refractivity contribution in [2.75, 3.05) is 31.1 Å². The average molecular weight is 428 g/mol. The number of amides is 1. The van der Waals surface area contributed by atoms with E-state index in [1.165, 1.54) is 22.1 Å². The van der Waals surface area contributed by atoms with Crippen molar-refractivity contribution in [3.8, 4) is 0 Å². The fourth-order valence-corrected chi connectivity index (χ4v) is 4.23. The largest absolute Gasteiger partial charge is 0.353 e. The number of hydrogen-bond donors (Lipinski definition) is 0. The molecule has 0 bridgehead atoms. The number of anilines is 1. The molecule has 0 N–H and O–H groups in total. The monoisotopic (exact) mass is 427 g/mol. The Kier molecular flexibility index (Phi) is 6.05. The van der Waals surface area contributed by atoms with Crippen molar-refractivity contribution in [1.82, 2.24) is 9.88 Å². The number of nitrogens with zero attached hydrogens (tertiary/aromatic N) is 3. The summed E-state index contributed by atoms with van der Waals surface area (Å²) in [6, 6.07) is 16.9. The summed E-state index contributed by atoms with van der Waals surface area (Å²) in [6.45, 7) is 13.9. The molecule has 0 aliphatic carbocycles. The van der Waals surface area contributed by atoms with Gasteiger partial charge in [-0.05, 0) is 53.7 Å². The molecule has 0 atom stereocenters. The highest BCUT2D eigenvalue weighted by Crippen LogP contribution is 2.26. The summed E-state index contributed by atoms with van der Waals surface area (Å²) in [4.78, 5) is 21.9. The number of aryl methyl sites for hydroxylation is 2. The molecule has 0 spiro atoms. The predicted octanol–water partition coefficient (Wildman–Crippen LogP) is 5.51. The number of carbonyl (C=O) groups is 1. The van der Waals surface area contributed by atoms with Crippen LogP contribution in [0.3, 0.4) is 0 Å². The Morgan fingerprint density at radius 1 is 0.938 bits per heavy atom. The number of rotatable bonds is 3. The molecule has 3 aromatic rings. The van der Waals surface area contributed by atoms with Crippen LogP contribution >= 0.6 is 0 Å². The van der Waals surface area contributed by atoms with Gasteiger partial charge >= 0.3 is 0 Å². The number of carbonyl (C=O) groups excluding carboxylic acids is 1. The smallest absolute Gasteiger partial charge is 0.246 e. The molecule has 1 fully saturated rings. The van der Waals surface area contributed by atoms with Crippen LogP contribution in [0, 0.1) is 13.8 Å². The maximum atomic E-state index is 12.7. The second-order valence-electron chi connectivity index (χ2n) is 9.79. The Balaban J connectivity index is 1.39. The Hall–Kier alpha value is -3.14. The molecule has 1 amide bonds. The van der Waals surface area contributed by atoms with E-state index in [1.54, 1.807) is 6.08 Å². The maximum Gasteiger partial charge on any atom is 0.246 e. The van der Waals surface area contributed by atoms with Crippen LogP contribution in [-0.4, -0.2) is 42.0 Å². The van der Waals surface area contributed by atoms with Gasteiger partial charge in [0.2, 0.25) is 5.91 Å². The molecule has 0 saturated carbocycles. The minimum Gasteiger partial charge on any atom is -0.353 e. The molecule has 0 radical (unpaired) electrons. The number of benzene rings is 2. The van der Waals surface area contributed by atoms with E-state index in [-0.39, 0.29) is 11.3 Å². The van der Waals surface area contributed by atoms with Crippen molar-refractivity contribution < 1.29 is 4.79 Å². The van der Waals surface area contributed by atoms with E-state index in [4.69, 9.17) is 4.98 Å². The molecular formula is C28H33N3O. The summed E-state index contributed by atoms with van der Waals surface area (Å²) in [5.74, 6) is 1.08. The first-order chi connectivity index (χ1) is 15.2. The van der Waals surface area contributed by atoms with Gasteiger partial charge in [0.1, 0.15) is 5.82 Å². The van der Waals surface area contributed by atoms with Crippen LogP contribution in [0.5, 0.6) is 0 Å². The van der Waals surface area contributed by atoms with Crippen LogP contribution in [0.15, 0.2) is 54.6 Å². The highest BCUT2D eigenvalue weighted by Gasteiger charge is 2.21. The molecule has 2 aromatic carbocycles. The summed E-state index contributed by atoms with van der Waals surface area (Å²) in [6.07, 6.45) is 3.61. The molecule has 0 unspecified atom stereocenters. The van der Waals surface area contributed by atoms with Crippen molar-refractivity contribution in [2.24, 2.45) is 0 Å². The number of pyridine rings is 1. The lowest BCUT2D eigenvalue weighted by Gasteiger charge is -2.35. The summed E-state index contributed by atoms with van der Waals surface area (Å²) in [5.41, 5.74) is 5.99. The Morgan fingerprint density at radius 3 is 2.28 bits per heavy atom. The Morgan fingerprint density at radius 2 is 1.62 bits per heavy atom. The van der Waals surface area contributed by atoms with Crippen LogP contribution in [0.1, 0.15) is 43.0 Å². The summed E-state index contributed by atoms with van der Waals surface area (Å²) >= 11 is 0.